The van der Waals surface area contributed by atoms with Gasteiger partial charge in [0.25, 0.3) is 0 Å². The molecule has 0 N–H and O–H groups in total. The van der Waals surface area contributed by atoms with Gasteiger partial charge in [-0.15, -0.1) is 0 Å². The third-order valence-corrected chi connectivity index (χ3v) is 18.6. The van der Waals surface area contributed by atoms with Crippen LogP contribution < -0.4 is 0 Å². The Kier molecular flexibility index (Phi) is 11.8. The van der Waals surface area contributed by atoms with E-state index in [0.29, 0.717) is 13.2 Å². The Hall–Kier alpha value is -4.09. The van der Waals surface area contributed by atoms with E-state index in [2.05, 4.69) is 140 Å². The molecule has 0 fully saturated rings. The van der Waals surface area contributed by atoms with E-state index in [1.54, 1.807) is 0 Å². The molecule has 0 heterocycles. The van der Waals surface area contributed by atoms with Gasteiger partial charge >= 0.3 is 0 Å². The van der Waals surface area contributed by atoms with Crippen molar-refractivity contribution in [3.05, 3.63) is 142 Å². The van der Waals surface area contributed by atoms with E-state index in [1.165, 1.54) is 0 Å². The zero-order valence-electron chi connectivity index (χ0n) is 30.5. The van der Waals surface area contributed by atoms with Gasteiger partial charge < -0.3 is 8.85 Å². The third kappa shape index (κ3) is 9.73. The average molecular weight is 667 g/mol. The monoisotopic (exact) mass is 666 g/mol. The Bertz CT molecular complexity index is 1780. The Morgan fingerprint density at radius 3 is 0.896 bits per heavy atom. The molecular formula is C44H50O2Si2. The van der Waals surface area contributed by atoms with E-state index in [-0.39, 0.29) is 10.1 Å². The van der Waals surface area contributed by atoms with Crippen molar-refractivity contribution in [3.63, 3.8) is 0 Å². The molecule has 0 bridgehead atoms. The van der Waals surface area contributed by atoms with Crippen LogP contribution in [0, 0.1) is 35.5 Å². The van der Waals surface area contributed by atoms with Crippen LogP contribution >= 0.6 is 0 Å². The minimum absolute atomic E-state index is 0.152. The molecule has 0 aliphatic rings. The number of benzene rings is 4. The predicted molar refractivity (Wildman–Crippen MR) is 208 cm³/mol. The first kappa shape index (κ1) is 36.7. The fourth-order valence-electron chi connectivity index (χ4n) is 4.29. The van der Waals surface area contributed by atoms with Crippen molar-refractivity contribution in [1.29, 1.82) is 0 Å². The van der Waals surface area contributed by atoms with Gasteiger partial charge in [-0.25, -0.2) is 0 Å². The summed E-state index contributed by atoms with van der Waals surface area (Å²) in [6.07, 6.45) is 0. The van der Waals surface area contributed by atoms with Crippen molar-refractivity contribution in [2.24, 2.45) is 0 Å². The minimum atomic E-state index is -1.88. The van der Waals surface area contributed by atoms with Gasteiger partial charge in [-0.05, 0) is 83.8 Å². The van der Waals surface area contributed by atoms with Crippen LogP contribution in [-0.2, 0) is 22.1 Å². The molecule has 4 aromatic carbocycles. The first-order valence-electron chi connectivity index (χ1n) is 16.8. The van der Waals surface area contributed by atoms with Crippen molar-refractivity contribution in [1.82, 2.24) is 0 Å². The molecule has 0 aliphatic heterocycles. The number of hydrogen-bond acceptors (Lipinski definition) is 2. The topological polar surface area (TPSA) is 18.5 Å². The van der Waals surface area contributed by atoms with Crippen LogP contribution in [0.3, 0.4) is 0 Å². The summed E-state index contributed by atoms with van der Waals surface area (Å²) in [5.41, 5.74) is 7.74. The molecule has 4 aromatic rings. The fourth-order valence-corrected chi connectivity index (χ4v) is 6.19. The highest BCUT2D eigenvalue weighted by molar-refractivity contribution is 6.74. The van der Waals surface area contributed by atoms with Gasteiger partial charge in [-0.3, -0.25) is 0 Å². The van der Waals surface area contributed by atoms with Gasteiger partial charge in [0.2, 0.25) is 0 Å². The Balaban J connectivity index is 1.58. The molecule has 0 radical (unpaired) electrons. The highest BCUT2D eigenvalue weighted by Gasteiger charge is 2.38. The molecule has 0 saturated carbocycles. The first-order chi connectivity index (χ1) is 22.6. The molecule has 2 nitrogen and oxygen atoms in total. The van der Waals surface area contributed by atoms with Crippen LogP contribution in [0.5, 0.6) is 0 Å². The van der Waals surface area contributed by atoms with Crippen molar-refractivity contribution >= 4 is 16.6 Å². The summed E-state index contributed by atoms with van der Waals surface area (Å²) in [6, 6.07) is 32.7. The lowest BCUT2D eigenvalue weighted by Gasteiger charge is -2.36. The summed E-state index contributed by atoms with van der Waals surface area (Å²) >= 11 is 0. The van der Waals surface area contributed by atoms with E-state index >= 15 is 0 Å². The summed E-state index contributed by atoms with van der Waals surface area (Å²) in [5, 5.41) is 0.305. The van der Waals surface area contributed by atoms with E-state index < -0.39 is 16.6 Å². The molecule has 246 valence electrons. The summed E-state index contributed by atoms with van der Waals surface area (Å²) in [6.45, 7) is 23.8. The van der Waals surface area contributed by atoms with E-state index in [0.717, 1.165) is 44.5 Å². The SMILES string of the molecule is CC(C)(C)[Si](C)(C)OCc1ccccc1C#Cc1ccccc1C#Cc1ccccc1C#Cc1ccccc1CO[Si](C)(C)C(C)(C)C. The van der Waals surface area contributed by atoms with E-state index in [4.69, 9.17) is 8.85 Å². The predicted octanol–water partition coefficient (Wildman–Crippen LogP) is 10.9. The average Bonchev–Trinajstić information content (AvgIpc) is 3.04. The van der Waals surface area contributed by atoms with Gasteiger partial charge in [-0.2, -0.15) is 0 Å². The van der Waals surface area contributed by atoms with Crippen molar-refractivity contribution in [2.75, 3.05) is 0 Å². The second kappa shape index (κ2) is 15.4. The fraction of sp³-hybridized carbons (Fsp3) is 0.318. The van der Waals surface area contributed by atoms with Gasteiger partial charge in [0.05, 0.1) is 13.2 Å². The maximum Gasteiger partial charge on any atom is 0.192 e. The van der Waals surface area contributed by atoms with Crippen molar-refractivity contribution in [3.8, 4) is 35.5 Å². The maximum atomic E-state index is 6.52. The molecule has 0 aromatic heterocycles. The Morgan fingerprint density at radius 2 is 0.625 bits per heavy atom. The van der Waals surface area contributed by atoms with Gasteiger partial charge in [-0.1, -0.05) is 138 Å². The molecule has 0 unspecified atom stereocenters. The molecule has 0 spiro atoms. The zero-order valence-corrected chi connectivity index (χ0v) is 32.5. The summed E-state index contributed by atoms with van der Waals surface area (Å²) in [7, 11) is -3.76. The molecule has 0 aliphatic carbocycles. The molecule has 48 heavy (non-hydrogen) atoms. The lowest BCUT2D eigenvalue weighted by Crippen LogP contribution is -2.40. The molecule has 4 heteroatoms. The summed E-state index contributed by atoms with van der Waals surface area (Å²) in [5.74, 6) is 20.4. The van der Waals surface area contributed by atoms with Crippen molar-refractivity contribution in [2.45, 2.75) is 91.0 Å². The number of hydrogen-bond donors (Lipinski definition) is 0. The molecule has 4 rings (SSSR count). The van der Waals surface area contributed by atoms with Gasteiger partial charge in [0.15, 0.2) is 16.6 Å². The first-order valence-corrected chi connectivity index (χ1v) is 22.6. The standard InChI is InChI=1S/C44H50O2Si2/c1-43(2,3)47(7,8)45-33-41-25-17-15-23-39(41)31-29-37-21-13-11-19-35(37)27-28-36-20-12-14-22-38(36)30-32-40-24-16-18-26-42(40)34-46-48(9,10)44(4,5)6/h11-26H,33-34H2,1-10H3. The van der Waals surface area contributed by atoms with Gasteiger partial charge in [0.1, 0.15) is 0 Å². The van der Waals surface area contributed by atoms with Crippen LogP contribution in [0.2, 0.25) is 36.3 Å². The van der Waals surface area contributed by atoms with Crippen LogP contribution in [0.25, 0.3) is 0 Å². The number of rotatable bonds is 6. The summed E-state index contributed by atoms with van der Waals surface area (Å²) < 4.78 is 13.0. The largest absolute Gasteiger partial charge is 0.413 e. The smallest absolute Gasteiger partial charge is 0.192 e. The second-order valence-electron chi connectivity index (χ2n) is 15.3. The second-order valence-corrected chi connectivity index (χ2v) is 24.9. The molecule has 0 saturated heterocycles. The molecule has 0 atom stereocenters. The highest BCUT2D eigenvalue weighted by Crippen LogP contribution is 2.38. The maximum absolute atomic E-state index is 6.52. The summed E-state index contributed by atoms with van der Waals surface area (Å²) in [4.78, 5) is 0. The minimum Gasteiger partial charge on any atom is -0.413 e. The van der Waals surface area contributed by atoms with Gasteiger partial charge in [0, 0.05) is 33.4 Å². The van der Waals surface area contributed by atoms with Crippen LogP contribution in [-0.4, -0.2) is 16.6 Å². The van der Waals surface area contributed by atoms with E-state index in [9.17, 15) is 0 Å². The van der Waals surface area contributed by atoms with Crippen LogP contribution in [0.4, 0.5) is 0 Å². The van der Waals surface area contributed by atoms with Crippen molar-refractivity contribution < 1.29 is 8.85 Å². The molecular weight excluding hydrogens is 617 g/mol. The van der Waals surface area contributed by atoms with E-state index in [1.807, 2.05) is 60.7 Å². The quantitative estimate of drug-likeness (QED) is 0.151. The Labute approximate surface area is 292 Å². The third-order valence-electron chi connectivity index (χ3n) is 9.67. The van der Waals surface area contributed by atoms with Crippen LogP contribution in [0.1, 0.15) is 86.1 Å². The lowest BCUT2D eigenvalue weighted by molar-refractivity contribution is 0.276. The lowest BCUT2D eigenvalue weighted by atomic mass is 10.0. The van der Waals surface area contributed by atoms with Crippen LogP contribution in [0.15, 0.2) is 97.1 Å². The molecule has 0 amide bonds. The zero-order chi connectivity index (χ0) is 35.0. The Morgan fingerprint density at radius 1 is 0.396 bits per heavy atom. The normalized spacial score (nSPS) is 11.8. The highest BCUT2D eigenvalue weighted by atomic mass is 28.4.